The van der Waals surface area contributed by atoms with Crippen LogP contribution in [0.3, 0.4) is 0 Å². The molecule has 0 fully saturated rings. The van der Waals surface area contributed by atoms with Crippen LogP contribution in [0.1, 0.15) is 6.42 Å². The van der Waals surface area contributed by atoms with Gasteiger partial charge in [-0.1, -0.05) is 42.2 Å². The maximum Gasteiger partial charge on any atom is 0.303 e. The van der Waals surface area contributed by atoms with Gasteiger partial charge in [0.2, 0.25) is 0 Å². The Morgan fingerprint density at radius 2 is 1.92 bits per heavy atom. The third kappa shape index (κ3) is 4.49. The standard InChI is InChI=1S/C7H13F2IOSi/c1-12(2,3)6(10)4-7(8,9)5-11/h5-6H,4H2,1-3H3. The summed E-state index contributed by atoms with van der Waals surface area (Å²) >= 11 is 2.02. The van der Waals surface area contributed by atoms with Gasteiger partial charge in [0.05, 0.1) is 8.07 Å². The Kier molecular flexibility index (Phi) is 4.29. The van der Waals surface area contributed by atoms with Crippen LogP contribution in [-0.2, 0) is 4.79 Å². The topological polar surface area (TPSA) is 17.1 Å². The molecule has 5 heteroatoms. The lowest BCUT2D eigenvalue weighted by atomic mass is 10.3. The molecule has 0 aliphatic carbocycles. The van der Waals surface area contributed by atoms with Gasteiger partial charge < -0.3 is 0 Å². The summed E-state index contributed by atoms with van der Waals surface area (Å²) in [5.41, 5.74) is 0. The largest absolute Gasteiger partial charge is 0.303 e. The zero-order valence-electron chi connectivity index (χ0n) is 7.40. The molecule has 0 aromatic carbocycles. The van der Waals surface area contributed by atoms with Crippen LogP contribution in [0.4, 0.5) is 8.78 Å². The molecule has 0 spiro atoms. The minimum Gasteiger partial charge on any atom is -0.297 e. The van der Waals surface area contributed by atoms with Gasteiger partial charge in [0.15, 0.2) is 6.29 Å². The minimum absolute atomic E-state index is 0.0599. The normalized spacial score (nSPS) is 15.8. The predicted molar refractivity (Wildman–Crippen MR) is 56.8 cm³/mol. The third-order valence-corrected chi connectivity index (χ3v) is 9.69. The minimum atomic E-state index is -3.13. The number of aldehydes is 1. The summed E-state index contributed by atoms with van der Waals surface area (Å²) in [7, 11) is -1.54. The quantitative estimate of drug-likeness (QED) is 0.338. The molecule has 1 nitrogen and oxygen atoms in total. The molecule has 0 heterocycles. The van der Waals surface area contributed by atoms with Gasteiger partial charge in [-0.2, -0.15) is 8.78 Å². The zero-order valence-corrected chi connectivity index (χ0v) is 10.6. The molecule has 1 atom stereocenters. The van der Waals surface area contributed by atoms with Gasteiger partial charge in [-0.25, -0.2) is 0 Å². The highest BCUT2D eigenvalue weighted by Crippen LogP contribution is 2.28. The Bertz CT molecular complexity index is 167. The molecule has 0 saturated carbocycles. The number of hydrogen-bond donors (Lipinski definition) is 0. The number of alkyl halides is 3. The van der Waals surface area contributed by atoms with Crippen LogP contribution in [-0.4, -0.2) is 23.8 Å². The van der Waals surface area contributed by atoms with Crippen molar-refractivity contribution in [2.75, 3.05) is 0 Å². The van der Waals surface area contributed by atoms with Crippen molar-refractivity contribution in [3.05, 3.63) is 0 Å². The highest BCUT2D eigenvalue weighted by molar-refractivity contribution is 14.1. The van der Waals surface area contributed by atoms with Crippen LogP contribution >= 0.6 is 22.6 Å². The fourth-order valence-corrected chi connectivity index (χ4v) is 2.06. The molecule has 0 N–H and O–H groups in total. The Morgan fingerprint density at radius 1 is 1.50 bits per heavy atom. The summed E-state index contributed by atoms with van der Waals surface area (Å²) in [5.74, 6) is -3.13. The van der Waals surface area contributed by atoms with E-state index in [1.807, 2.05) is 42.2 Å². The molecular weight excluding hydrogens is 293 g/mol. The summed E-state index contributed by atoms with van der Waals surface area (Å²) in [4.78, 5) is 9.95. The van der Waals surface area contributed by atoms with E-state index in [4.69, 9.17) is 0 Å². The van der Waals surface area contributed by atoms with Crippen molar-refractivity contribution in [3.63, 3.8) is 0 Å². The second kappa shape index (κ2) is 4.12. The lowest BCUT2D eigenvalue weighted by Crippen LogP contribution is -2.38. The lowest BCUT2D eigenvalue weighted by molar-refractivity contribution is -0.129. The van der Waals surface area contributed by atoms with Gasteiger partial charge >= 0.3 is 5.92 Å². The van der Waals surface area contributed by atoms with E-state index in [9.17, 15) is 13.6 Å². The van der Waals surface area contributed by atoms with Gasteiger partial charge in [0.25, 0.3) is 0 Å². The third-order valence-electron chi connectivity index (χ3n) is 1.56. The Labute approximate surface area is 86.1 Å². The maximum atomic E-state index is 12.6. The van der Waals surface area contributed by atoms with Crippen molar-refractivity contribution >= 4 is 37.0 Å². The molecule has 0 radical (unpaired) electrons. The molecule has 72 valence electrons. The van der Waals surface area contributed by atoms with Gasteiger partial charge in [0, 0.05) is 9.97 Å². The molecular formula is C7H13F2IOSi. The Hall–Kier alpha value is 0.477. The van der Waals surface area contributed by atoms with Crippen molar-refractivity contribution in [2.24, 2.45) is 0 Å². The molecule has 0 aliphatic rings. The fraction of sp³-hybridized carbons (Fsp3) is 0.857. The van der Waals surface area contributed by atoms with E-state index < -0.39 is 14.0 Å². The first-order chi connectivity index (χ1) is 5.19. The molecule has 0 amide bonds. The van der Waals surface area contributed by atoms with E-state index in [2.05, 4.69) is 0 Å². The molecule has 1 unspecified atom stereocenters. The fourth-order valence-electron chi connectivity index (χ4n) is 0.593. The smallest absolute Gasteiger partial charge is 0.297 e. The number of carbonyl (C=O) groups is 1. The molecule has 0 aliphatic heterocycles. The van der Waals surface area contributed by atoms with Crippen molar-refractivity contribution in [3.8, 4) is 0 Å². The van der Waals surface area contributed by atoms with Crippen LogP contribution < -0.4 is 0 Å². The van der Waals surface area contributed by atoms with Crippen LogP contribution in [0.15, 0.2) is 0 Å². The highest BCUT2D eigenvalue weighted by atomic mass is 127. The summed E-state index contributed by atoms with van der Waals surface area (Å²) in [6.07, 6.45) is -0.564. The summed E-state index contributed by atoms with van der Waals surface area (Å²) in [5, 5.41) is 0. The molecule has 12 heavy (non-hydrogen) atoms. The van der Waals surface area contributed by atoms with E-state index in [1.54, 1.807) is 0 Å². The van der Waals surface area contributed by atoms with E-state index in [0.717, 1.165) is 0 Å². The van der Waals surface area contributed by atoms with Gasteiger partial charge in [0.1, 0.15) is 0 Å². The first-order valence-electron chi connectivity index (χ1n) is 3.67. The zero-order chi connectivity index (χ0) is 9.99. The predicted octanol–water partition coefficient (Wildman–Crippen LogP) is 2.89. The summed E-state index contributed by atoms with van der Waals surface area (Å²) in [6, 6.07) is 0. The lowest BCUT2D eigenvalue weighted by Gasteiger charge is -2.25. The van der Waals surface area contributed by atoms with Gasteiger partial charge in [-0.05, 0) is 0 Å². The number of halogens is 3. The maximum absolute atomic E-state index is 12.6. The van der Waals surface area contributed by atoms with Crippen LogP contribution in [0.2, 0.25) is 19.6 Å². The summed E-state index contributed by atoms with van der Waals surface area (Å²) in [6.45, 7) is 6.06. The Morgan fingerprint density at radius 3 is 2.17 bits per heavy atom. The SMILES string of the molecule is C[Si](C)(C)C(I)CC(F)(F)C=O. The van der Waals surface area contributed by atoms with E-state index in [-0.39, 0.29) is 16.3 Å². The second-order valence-corrected chi connectivity index (χ2v) is 12.0. The first kappa shape index (κ1) is 12.5. The summed E-state index contributed by atoms with van der Waals surface area (Å²) < 4.78 is 25.1. The molecule has 0 rings (SSSR count). The van der Waals surface area contributed by atoms with E-state index in [1.165, 1.54) is 0 Å². The van der Waals surface area contributed by atoms with E-state index >= 15 is 0 Å². The van der Waals surface area contributed by atoms with Crippen molar-refractivity contribution in [1.82, 2.24) is 0 Å². The first-order valence-corrected chi connectivity index (χ1v) is 8.49. The van der Waals surface area contributed by atoms with Crippen molar-refractivity contribution < 1.29 is 13.6 Å². The molecule has 0 aromatic heterocycles. The Balaban J connectivity index is 4.18. The highest BCUT2D eigenvalue weighted by Gasteiger charge is 2.36. The van der Waals surface area contributed by atoms with Crippen LogP contribution in [0, 0.1) is 0 Å². The number of carbonyl (C=O) groups excluding carboxylic acids is 1. The van der Waals surface area contributed by atoms with Crippen LogP contribution in [0.25, 0.3) is 0 Å². The molecule has 0 aromatic rings. The van der Waals surface area contributed by atoms with Gasteiger partial charge in [-0.15, -0.1) is 0 Å². The molecule has 0 saturated heterocycles. The average molecular weight is 306 g/mol. The van der Waals surface area contributed by atoms with Crippen molar-refractivity contribution in [2.45, 2.75) is 35.5 Å². The van der Waals surface area contributed by atoms with Crippen LogP contribution in [0.5, 0.6) is 0 Å². The monoisotopic (exact) mass is 306 g/mol. The number of hydrogen-bond acceptors (Lipinski definition) is 1. The molecule has 0 bridgehead atoms. The van der Waals surface area contributed by atoms with Gasteiger partial charge in [-0.3, -0.25) is 4.79 Å². The second-order valence-electron chi connectivity index (χ2n) is 3.92. The average Bonchev–Trinajstić information content (AvgIpc) is 1.85. The van der Waals surface area contributed by atoms with Crippen molar-refractivity contribution in [1.29, 1.82) is 0 Å². The van der Waals surface area contributed by atoms with E-state index in [0.29, 0.717) is 0 Å². The number of rotatable bonds is 4.